The number of benzene rings is 1. The van der Waals surface area contributed by atoms with Crippen LogP contribution in [0.25, 0.3) is 5.69 Å². The van der Waals surface area contributed by atoms with Gasteiger partial charge < -0.3 is 10.1 Å². The zero-order valence-electron chi connectivity index (χ0n) is 17.1. The van der Waals surface area contributed by atoms with Gasteiger partial charge in [-0.3, -0.25) is 4.79 Å². The molecule has 0 atom stereocenters. The zero-order valence-corrected chi connectivity index (χ0v) is 17.1. The van der Waals surface area contributed by atoms with Crippen LogP contribution in [0, 0.1) is 13.8 Å². The Morgan fingerprint density at radius 3 is 2.50 bits per heavy atom. The number of nitrogens with zero attached hydrogens (tertiary/aromatic N) is 2. The molecule has 3 rings (SSSR count). The van der Waals surface area contributed by atoms with Gasteiger partial charge in [0.15, 0.2) is 0 Å². The van der Waals surface area contributed by atoms with Crippen LogP contribution < -0.4 is 5.32 Å². The highest BCUT2D eigenvalue weighted by Crippen LogP contribution is 2.32. The maximum Gasteiger partial charge on any atom is 0.416 e. The summed E-state index contributed by atoms with van der Waals surface area (Å²) in [5.41, 5.74) is 0.207. The molecular weight excluding hydrogens is 399 g/mol. The molecule has 162 valence electrons. The minimum atomic E-state index is -4.46. The van der Waals surface area contributed by atoms with Gasteiger partial charge in [0, 0.05) is 11.3 Å². The molecule has 1 N–H and O–H groups in total. The van der Waals surface area contributed by atoms with E-state index >= 15 is 0 Å². The van der Waals surface area contributed by atoms with E-state index in [9.17, 15) is 22.8 Å². The van der Waals surface area contributed by atoms with Crippen LogP contribution in [0.1, 0.15) is 48.2 Å². The van der Waals surface area contributed by atoms with Gasteiger partial charge >= 0.3 is 12.1 Å². The molecule has 2 aromatic rings. The highest BCUT2D eigenvalue weighted by molar-refractivity contribution is 5.89. The molecule has 1 aliphatic rings. The van der Waals surface area contributed by atoms with Crippen LogP contribution in [0.3, 0.4) is 0 Å². The van der Waals surface area contributed by atoms with Crippen molar-refractivity contribution in [3.63, 3.8) is 0 Å². The van der Waals surface area contributed by atoms with Crippen LogP contribution in [-0.4, -0.2) is 34.3 Å². The monoisotopic (exact) mass is 423 g/mol. The van der Waals surface area contributed by atoms with Crippen LogP contribution in [0.5, 0.6) is 0 Å². The molecule has 1 aromatic heterocycles. The summed E-state index contributed by atoms with van der Waals surface area (Å²) in [7, 11) is 1.29. The van der Waals surface area contributed by atoms with Crippen molar-refractivity contribution in [3.8, 4) is 5.69 Å². The number of ether oxygens (including phenoxy) is 1. The predicted molar refractivity (Wildman–Crippen MR) is 103 cm³/mol. The Labute approximate surface area is 172 Å². The molecule has 1 saturated carbocycles. The normalized spacial score (nSPS) is 15.8. The lowest BCUT2D eigenvalue weighted by Crippen LogP contribution is -2.53. The molecule has 0 bridgehead atoms. The number of hydrogen-bond donors (Lipinski definition) is 1. The van der Waals surface area contributed by atoms with E-state index in [0.717, 1.165) is 25.0 Å². The van der Waals surface area contributed by atoms with Crippen molar-refractivity contribution in [2.45, 2.75) is 57.7 Å². The van der Waals surface area contributed by atoms with Gasteiger partial charge in [-0.2, -0.15) is 18.3 Å². The first-order chi connectivity index (χ1) is 14.1. The number of carbonyl (C=O) groups is 2. The van der Waals surface area contributed by atoms with Crippen LogP contribution in [0.15, 0.2) is 24.3 Å². The molecule has 6 nitrogen and oxygen atoms in total. The Balaban J connectivity index is 1.84. The minimum Gasteiger partial charge on any atom is -0.467 e. The average molecular weight is 423 g/mol. The van der Waals surface area contributed by atoms with E-state index in [4.69, 9.17) is 4.74 Å². The van der Waals surface area contributed by atoms with Gasteiger partial charge in [-0.1, -0.05) is 18.9 Å². The van der Waals surface area contributed by atoms with Gasteiger partial charge in [0.05, 0.1) is 30.5 Å². The lowest BCUT2D eigenvalue weighted by Gasteiger charge is -2.27. The standard InChI is InChI=1S/C21H24F3N3O3/c1-13-17(12-18(28)25-20(19(29)30-3)9-4-5-10-20)14(2)27(26-13)16-8-6-7-15(11-16)21(22,23)24/h6-8,11H,4-5,9-10,12H2,1-3H3,(H,25,28). The summed E-state index contributed by atoms with van der Waals surface area (Å²) in [4.78, 5) is 24.9. The Bertz CT molecular complexity index is 960. The number of hydrogen-bond acceptors (Lipinski definition) is 4. The molecular formula is C21H24F3N3O3. The van der Waals surface area contributed by atoms with E-state index in [-0.39, 0.29) is 18.0 Å². The zero-order chi connectivity index (χ0) is 22.1. The fourth-order valence-corrected chi connectivity index (χ4v) is 4.02. The van der Waals surface area contributed by atoms with Crippen LogP contribution in [-0.2, 0) is 26.9 Å². The van der Waals surface area contributed by atoms with Gasteiger partial charge in [0.1, 0.15) is 5.54 Å². The first-order valence-electron chi connectivity index (χ1n) is 9.69. The van der Waals surface area contributed by atoms with E-state index in [2.05, 4.69) is 10.4 Å². The van der Waals surface area contributed by atoms with Gasteiger partial charge in [-0.05, 0) is 44.9 Å². The Kier molecular flexibility index (Phi) is 5.92. The number of rotatable bonds is 5. The molecule has 1 aromatic carbocycles. The Hall–Kier alpha value is -2.84. The van der Waals surface area contributed by atoms with E-state index in [1.807, 2.05) is 0 Å². The van der Waals surface area contributed by atoms with E-state index in [1.54, 1.807) is 13.8 Å². The molecule has 0 saturated heterocycles. The number of methoxy groups -OCH3 is 1. The molecule has 1 heterocycles. The number of carbonyl (C=O) groups excluding carboxylic acids is 2. The van der Waals surface area contributed by atoms with Crippen molar-refractivity contribution < 1.29 is 27.5 Å². The summed E-state index contributed by atoms with van der Waals surface area (Å²) in [5, 5.41) is 7.16. The van der Waals surface area contributed by atoms with Crippen molar-refractivity contribution >= 4 is 11.9 Å². The van der Waals surface area contributed by atoms with Gasteiger partial charge in [-0.15, -0.1) is 0 Å². The summed E-state index contributed by atoms with van der Waals surface area (Å²) in [5.74, 6) is -0.807. The number of esters is 1. The Morgan fingerprint density at radius 1 is 1.23 bits per heavy atom. The number of amides is 1. The van der Waals surface area contributed by atoms with E-state index < -0.39 is 23.2 Å². The van der Waals surface area contributed by atoms with Gasteiger partial charge in [0.25, 0.3) is 0 Å². The number of nitrogens with one attached hydrogen (secondary N) is 1. The van der Waals surface area contributed by atoms with Crippen LogP contribution in [0.4, 0.5) is 13.2 Å². The SMILES string of the molecule is COC(=O)C1(NC(=O)Cc2c(C)nn(-c3cccc(C(F)(F)F)c3)c2C)CCCC1. The van der Waals surface area contributed by atoms with Crippen molar-refractivity contribution in [2.24, 2.45) is 0 Å². The summed E-state index contributed by atoms with van der Waals surface area (Å²) in [6, 6.07) is 4.87. The minimum absolute atomic E-state index is 0.0324. The Morgan fingerprint density at radius 2 is 1.90 bits per heavy atom. The quantitative estimate of drug-likeness (QED) is 0.745. The second-order valence-corrected chi connectivity index (χ2v) is 7.62. The van der Waals surface area contributed by atoms with Crippen molar-refractivity contribution in [2.75, 3.05) is 7.11 Å². The van der Waals surface area contributed by atoms with Crippen LogP contribution >= 0.6 is 0 Å². The number of aromatic nitrogens is 2. The first-order valence-corrected chi connectivity index (χ1v) is 9.69. The summed E-state index contributed by atoms with van der Waals surface area (Å²) < 4.78 is 45.4. The first kappa shape index (κ1) is 21.9. The second kappa shape index (κ2) is 8.12. The third-order valence-electron chi connectivity index (χ3n) is 5.61. The molecule has 0 radical (unpaired) electrons. The largest absolute Gasteiger partial charge is 0.467 e. The lowest BCUT2D eigenvalue weighted by molar-refractivity contribution is -0.150. The summed E-state index contributed by atoms with van der Waals surface area (Å²) in [6.45, 7) is 3.40. The molecule has 1 amide bonds. The molecule has 1 fully saturated rings. The second-order valence-electron chi connectivity index (χ2n) is 7.62. The molecule has 0 unspecified atom stereocenters. The highest BCUT2D eigenvalue weighted by Gasteiger charge is 2.43. The van der Waals surface area contributed by atoms with Crippen molar-refractivity contribution in [1.29, 1.82) is 0 Å². The number of alkyl halides is 3. The maximum atomic E-state index is 13.0. The van der Waals surface area contributed by atoms with E-state index in [0.29, 0.717) is 29.8 Å². The highest BCUT2D eigenvalue weighted by atomic mass is 19.4. The molecule has 9 heteroatoms. The van der Waals surface area contributed by atoms with Crippen molar-refractivity contribution in [3.05, 3.63) is 46.8 Å². The van der Waals surface area contributed by atoms with Gasteiger partial charge in [0.2, 0.25) is 5.91 Å². The fraction of sp³-hybridized carbons (Fsp3) is 0.476. The topological polar surface area (TPSA) is 73.2 Å². The fourth-order valence-electron chi connectivity index (χ4n) is 4.02. The molecule has 30 heavy (non-hydrogen) atoms. The van der Waals surface area contributed by atoms with Crippen molar-refractivity contribution in [1.82, 2.24) is 15.1 Å². The third kappa shape index (κ3) is 4.20. The average Bonchev–Trinajstić information content (AvgIpc) is 3.27. The number of aryl methyl sites for hydroxylation is 1. The molecule has 0 aliphatic heterocycles. The lowest BCUT2D eigenvalue weighted by atomic mass is 9.97. The predicted octanol–water partition coefficient (Wildman–Crippen LogP) is 3.65. The summed E-state index contributed by atoms with van der Waals surface area (Å²) in [6.07, 6.45) is -1.81. The number of halogens is 3. The molecule has 0 spiro atoms. The van der Waals surface area contributed by atoms with E-state index in [1.165, 1.54) is 23.9 Å². The van der Waals surface area contributed by atoms with Crippen LogP contribution in [0.2, 0.25) is 0 Å². The maximum absolute atomic E-state index is 13.0. The smallest absolute Gasteiger partial charge is 0.416 e. The van der Waals surface area contributed by atoms with Gasteiger partial charge in [-0.25, -0.2) is 9.48 Å². The molecule has 1 aliphatic carbocycles. The summed E-state index contributed by atoms with van der Waals surface area (Å²) >= 11 is 0. The third-order valence-corrected chi connectivity index (χ3v) is 5.61.